The molecular formula is C12H14N4O4S. The third-order valence-corrected chi connectivity index (χ3v) is 4.40. The fourth-order valence-electron chi connectivity index (χ4n) is 1.98. The van der Waals surface area contributed by atoms with Gasteiger partial charge in [-0.2, -0.15) is 5.10 Å². The van der Waals surface area contributed by atoms with E-state index in [4.69, 9.17) is 9.47 Å². The van der Waals surface area contributed by atoms with Crippen molar-refractivity contribution in [3.63, 3.8) is 0 Å². The summed E-state index contributed by atoms with van der Waals surface area (Å²) in [4.78, 5) is 3.87. The minimum absolute atomic E-state index is 0.0818. The number of fused-ring (bicyclic) bond motifs is 1. The van der Waals surface area contributed by atoms with Crippen LogP contribution in [0.15, 0.2) is 35.7 Å². The number of para-hydroxylation sites is 1. The van der Waals surface area contributed by atoms with Crippen LogP contribution in [0.25, 0.3) is 0 Å². The van der Waals surface area contributed by atoms with Crippen molar-refractivity contribution in [1.29, 1.82) is 0 Å². The van der Waals surface area contributed by atoms with Gasteiger partial charge < -0.3 is 9.47 Å². The molecule has 112 valence electrons. The normalized spacial score (nSPS) is 14.1. The molecule has 1 aliphatic heterocycles. The third-order valence-electron chi connectivity index (χ3n) is 2.92. The van der Waals surface area contributed by atoms with Crippen LogP contribution in [0.4, 0.5) is 0 Å². The van der Waals surface area contributed by atoms with Crippen molar-refractivity contribution in [2.24, 2.45) is 0 Å². The van der Waals surface area contributed by atoms with Gasteiger partial charge in [0.1, 0.15) is 30.8 Å². The second kappa shape index (κ2) is 5.70. The predicted molar refractivity (Wildman–Crippen MR) is 72.6 cm³/mol. The van der Waals surface area contributed by atoms with Crippen LogP contribution in [0.1, 0.15) is 0 Å². The Bertz CT molecular complexity index is 715. The molecule has 0 unspecified atom stereocenters. The Labute approximate surface area is 121 Å². The second-order valence-electron chi connectivity index (χ2n) is 4.34. The molecule has 1 aromatic carbocycles. The highest BCUT2D eigenvalue weighted by Gasteiger charge is 2.24. The maximum atomic E-state index is 12.3. The summed E-state index contributed by atoms with van der Waals surface area (Å²) in [5, 5.41) is 3.90. The Morgan fingerprint density at radius 3 is 2.95 bits per heavy atom. The van der Waals surface area contributed by atoms with Crippen LogP contribution in [0.2, 0.25) is 0 Å². The van der Waals surface area contributed by atoms with Crippen LogP contribution < -0.4 is 14.2 Å². The van der Waals surface area contributed by atoms with E-state index >= 15 is 0 Å². The molecule has 2 heterocycles. The molecule has 0 saturated carbocycles. The fourth-order valence-corrected chi connectivity index (χ4v) is 3.16. The minimum atomic E-state index is -3.67. The van der Waals surface area contributed by atoms with Crippen LogP contribution >= 0.6 is 0 Å². The molecule has 0 spiro atoms. The third kappa shape index (κ3) is 2.98. The van der Waals surface area contributed by atoms with Gasteiger partial charge in [-0.3, -0.25) is 4.68 Å². The van der Waals surface area contributed by atoms with Crippen molar-refractivity contribution in [3.8, 4) is 11.5 Å². The number of rotatable bonds is 5. The Morgan fingerprint density at radius 1 is 1.29 bits per heavy atom. The predicted octanol–water partition coefficient (Wildman–Crippen LogP) is 0.0278. The SMILES string of the molecule is O=S(=O)(NCCn1cncn1)c1cccc2c1OCCO2. The van der Waals surface area contributed by atoms with Crippen LogP contribution in [0.3, 0.4) is 0 Å². The van der Waals surface area contributed by atoms with Gasteiger partial charge >= 0.3 is 0 Å². The van der Waals surface area contributed by atoms with Crippen LogP contribution in [-0.2, 0) is 16.6 Å². The molecule has 0 amide bonds. The number of hydrogen-bond acceptors (Lipinski definition) is 6. The van der Waals surface area contributed by atoms with Crippen molar-refractivity contribution in [2.45, 2.75) is 11.4 Å². The number of benzene rings is 1. The largest absolute Gasteiger partial charge is 0.486 e. The van der Waals surface area contributed by atoms with E-state index in [2.05, 4.69) is 14.8 Å². The first-order valence-corrected chi connectivity index (χ1v) is 7.86. The lowest BCUT2D eigenvalue weighted by Gasteiger charge is -2.20. The molecule has 9 heteroatoms. The lowest BCUT2D eigenvalue weighted by Crippen LogP contribution is -2.29. The summed E-state index contributed by atoms with van der Waals surface area (Å²) in [6, 6.07) is 4.80. The Kier molecular flexibility index (Phi) is 3.76. The molecule has 0 aliphatic carbocycles. The van der Waals surface area contributed by atoms with Gasteiger partial charge in [0.2, 0.25) is 10.0 Å². The molecule has 3 rings (SSSR count). The summed E-state index contributed by atoms with van der Waals surface area (Å²) < 4.78 is 39.5. The molecule has 1 aliphatic rings. The average Bonchev–Trinajstić information content (AvgIpc) is 3.00. The zero-order valence-corrected chi connectivity index (χ0v) is 11.9. The molecule has 21 heavy (non-hydrogen) atoms. The highest BCUT2D eigenvalue weighted by Crippen LogP contribution is 2.36. The van der Waals surface area contributed by atoms with Gasteiger partial charge in [-0.05, 0) is 12.1 Å². The van der Waals surface area contributed by atoms with Crippen LogP contribution in [0.5, 0.6) is 11.5 Å². The van der Waals surface area contributed by atoms with E-state index in [1.165, 1.54) is 18.7 Å². The number of hydrogen-bond donors (Lipinski definition) is 1. The number of sulfonamides is 1. The van der Waals surface area contributed by atoms with Gasteiger partial charge in [0.25, 0.3) is 0 Å². The number of nitrogens with one attached hydrogen (secondary N) is 1. The smallest absolute Gasteiger partial charge is 0.244 e. The van der Waals surface area contributed by atoms with Crippen LogP contribution in [-0.4, -0.2) is 42.9 Å². The summed E-state index contributed by atoms with van der Waals surface area (Å²) in [6.07, 6.45) is 2.92. The van der Waals surface area contributed by atoms with Gasteiger partial charge in [-0.25, -0.2) is 18.1 Å². The maximum absolute atomic E-state index is 12.3. The zero-order chi connectivity index (χ0) is 14.7. The Hall–Kier alpha value is -2.13. The summed E-state index contributed by atoms with van der Waals surface area (Å²) in [7, 11) is -3.67. The van der Waals surface area contributed by atoms with Gasteiger partial charge in [0, 0.05) is 6.54 Å². The Balaban J connectivity index is 1.75. The zero-order valence-electron chi connectivity index (χ0n) is 11.1. The molecule has 0 fully saturated rings. The van der Waals surface area contributed by atoms with Crippen molar-refractivity contribution in [3.05, 3.63) is 30.9 Å². The van der Waals surface area contributed by atoms with Gasteiger partial charge in [-0.15, -0.1) is 0 Å². The number of nitrogens with zero attached hydrogens (tertiary/aromatic N) is 3. The van der Waals surface area contributed by atoms with E-state index in [0.29, 0.717) is 25.5 Å². The second-order valence-corrected chi connectivity index (χ2v) is 6.07. The molecule has 1 N–H and O–H groups in total. The molecule has 0 bridgehead atoms. The standard InChI is InChI=1S/C12H14N4O4S/c17-21(18,15-4-5-16-9-13-8-14-16)11-3-1-2-10-12(11)20-7-6-19-10/h1-3,8-9,15H,4-7H2. The van der Waals surface area contributed by atoms with E-state index in [1.54, 1.807) is 16.8 Å². The Morgan fingerprint density at radius 2 is 2.14 bits per heavy atom. The molecule has 0 atom stereocenters. The van der Waals surface area contributed by atoms with Gasteiger partial charge in [0.15, 0.2) is 11.5 Å². The van der Waals surface area contributed by atoms with Gasteiger partial charge in [0.05, 0.1) is 6.54 Å². The number of aromatic nitrogens is 3. The summed E-state index contributed by atoms with van der Waals surface area (Å²) >= 11 is 0. The van der Waals surface area contributed by atoms with E-state index in [9.17, 15) is 8.42 Å². The summed E-state index contributed by atoms with van der Waals surface area (Å²) in [5.41, 5.74) is 0. The monoisotopic (exact) mass is 310 g/mol. The topological polar surface area (TPSA) is 95.3 Å². The molecule has 0 saturated heterocycles. The molecule has 2 aromatic rings. The first-order valence-electron chi connectivity index (χ1n) is 6.37. The van der Waals surface area contributed by atoms with Crippen molar-refractivity contribution >= 4 is 10.0 Å². The summed E-state index contributed by atoms with van der Waals surface area (Å²) in [5.74, 6) is 0.706. The number of ether oxygens (including phenoxy) is 2. The fraction of sp³-hybridized carbons (Fsp3) is 0.333. The summed E-state index contributed by atoms with van der Waals surface area (Å²) in [6.45, 7) is 1.34. The highest BCUT2D eigenvalue weighted by molar-refractivity contribution is 7.89. The average molecular weight is 310 g/mol. The van der Waals surface area contributed by atoms with E-state index in [-0.39, 0.29) is 17.2 Å². The molecular weight excluding hydrogens is 296 g/mol. The van der Waals surface area contributed by atoms with E-state index in [0.717, 1.165) is 0 Å². The van der Waals surface area contributed by atoms with Gasteiger partial charge in [-0.1, -0.05) is 6.07 Å². The molecule has 0 radical (unpaired) electrons. The quantitative estimate of drug-likeness (QED) is 0.837. The minimum Gasteiger partial charge on any atom is -0.486 e. The first kappa shape index (κ1) is 13.8. The first-order chi connectivity index (χ1) is 10.2. The highest BCUT2D eigenvalue weighted by atomic mass is 32.2. The van der Waals surface area contributed by atoms with E-state index < -0.39 is 10.0 Å². The van der Waals surface area contributed by atoms with E-state index in [1.807, 2.05) is 0 Å². The van der Waals surface area contributed by atoms with Crippen LogP contribution in [0, 0.1) is 0 Å². The lowest BCUT2D eigenvalue weighted by molar-refractivity contribution is 0.167. The molecule has 8 nitrogen and oxygen atoms in total. The maximum Gasteiger partial charge on any atom is 0.244 e. The lowest BCUT2D eigenvalue weighted by atomic mass is 10.3. The van der Waals surface area contributed by atoms with Crippen molar-refractivity contribution < 1.29 is 17.9 Å². The van der Waals surface area contributed by atoms with Crippen molar-refractivity contribution in [2.75, 3.05) is 19.8 Å². The van der Waals surface area contributed by atoms with Crippen molar-refractivity contribution in [1.82, 2.24) is 19.5 Å². The molecule has 1 aromatic heterocycles.